The minimum Gasteiger partial charge on any atom is -0.496 e. The molecule has 2 aromatic rings. The number of benzene rings is 1. The van der Waals surface area contributed by atoms with Crippen molar-refractivity contribution in [2.45, 2.75) is 26.0 Å². The van der Waals surface area contributed by atoms with E-state index in [2.05, 4.69) is 21.0 Å². The van der Waals surface area contributed by atoms with Crippen molar-refractivity contribution in [3.05, 3.63) is 40.1 Å². The molecule has 1 atom stereocenters. The summed E-state index contributed by atoms with van der Waals surface area (Å²) in [5, 5.41) is 15.0. The molecule has 21 heavy (non-hydrogen) atoms. The Morgan fingerprint density at radius 2 is 1.86 bits per heavy atom. The summed E-state index contributed by atoms with van der Waals surface area (Å²) in [7, 11) is 3.18. The van der Waals surface area contributed by atoms with Gasteiger partial charge in [-0.15, -0.1) is 0 Å². The lowest BCUT2D eigenvalue weighted by Gasteiger charge is -2.18. The smallest absolute Gasteiger partial charge is 0.163 e. The van der Waals surface area contributed by atoms with Crippen LogP contribution in [0.4, 0.5) is 0 Å². The summed E-state index contributed by atoms with van der Waals surface area (Å²) in [5.41, 5.74) is 1.38. The first-order valence-electron chi connectivity index (χ1n) is 6.62. The standard InChI is InChI=1S/C15H19BrN2O3/c1-9(2)18-14(13(21-4)8-17-18)15(19)10-5-6-12(20-3)11(16)7-10/h5-9,15,19H,1-4H3. The Hall–Kier alpha value is -1.53. The molecule has 2 rings (SSSR count). The number of rotatable bonds is 5. The van der Waals surface area contributed by atoms with Crippen molar-refractivity contribution in [3.8, 4) is 11.5 Å². The lowest BCUT2D eigenvalue weighted by Crippen LogP contribution is -2.13. The second-order valence-corrected chi connectivity index (χ2v) is 5.79. The second-order valence-electron chi connectivity index (χ2n) is 4.93. The zero-order valence-corrected chi connectivity index (χ0v) is 14.1. The van der Waals surface area contributed by atoms with Crippen molar-refractivity contribution in [1.29, 1.82) is 0 Å². The molecule has 0 aliphatic rings. The molecule has 0 aliphatic carbocycles. The van der Waals surface area contributed by atoms with Crippen molar-refractivity contribution < 1.29 is 14.6 Å². The summed E-state index contributed by atoms with van der Waals surface area (Å²) in [6.07, 6.45) is 0.795. The van der Waals surface area contributed by atoms with E-state index in [1.807, 2.05) is 32.0 Å². The molecule has 0 saturated heterocycles. The SMILES string of the molecule is COc1ccc(C(O)c2c(OC)cnn2C(C)C)cc1Br. The Kier molecular flexibility index (Phi) is 4.90. The first-order chi connectivity index (χ1) is 9.99. The summed E-state index contributed by atoms with van der Waals surface area (Å²) in [6, 6.07) is 5.59. The highest BCUT2D eigenvalue weighted by molar-refractivity contribution is 9.10. The van der Waals surface area contributed by atoms with Gasteiger partial charge in [-0.25, -0.2) is 0 Å². The van der Waals surface area contributed by atoms with Crippen LogP contribution in [0, 0.1) is 0 Å². The van der Waals surface area contributed by atoms with Crippen LogP contribution < -0.4 is 9.47 Å². The molecular weight excluding hydrogens is 336 g/mol. The highest BCUT2D eigenvalue weighted by Gasteiger charge is 2.23. The highest BCUT2D eigenvalue weighted by atomic mass is 79.9. The summed E-state index contributed by atoms with van der Waals surface area (Å²) in [4.78, 5) is 0. The largest absolute Gasteiger partial charge is 0.496 e. The van der Waals surface area contributed by atoms with Crippen LogP contribution in [-0.2, 0) is 0 Å². The van der Waals surface area contributed by atoms with Crippen molar-refractivity contribution >= 4 is 15.9 Å². The molecule has 1 unspecified atom stereocenters. The van der Waals surface area contributed by atoms with E-state index in [0.29, 0.717) is 11.4 Å². The van der Waals surface area contributed by atoms with Gasteiger partial charge in [0.05, 0.1) is 24.9 Å². The summed E-state index contributed by atoms with van der Waals surface area (Å²) in [6.45, 7) is 4.01. The van der Waals surface area contributed by atoms with E-state index in [1.165, 1.54) is 0 Å². The van der Waals surface area contributed by atoms with Gasteiger partial charge in [-0.05, 0) is 47.5 Å². The van der Waals surface area contributed by atoms with Crippen LogP contribution in [0.15, 0.2) is 28.9 Å². The lowest BCUT2D eigenvalue weighted by atomic mass is 10.1. The molecule has 1 N–H and O–H groups in total. The van der Waals surface area contributed by atoms with Gasteiger partial charge in [0.25, 0.3) is 0 Å². The number of ether oxygens (including phenoxy) is 2. The Balaban J connectivity index is 2.46. The summed E-state index contributed by atoms with van der Waals surface area (Å²) in [5.74, 6) is 1.29. The molecule has 5 nitrogen and oxygen atoms in total. The van der Waals surface area contributed by atoms with Gasteiger partial charge >= 0.3 is 0 Å². The Morgan fingerprint density at radius 1 is 1.19 bits per heavy atom. The zero-order chi connectivity index (χ0) is 15.6. The maximum absolute atomic E-state index is 10.7. The number of hydrogen-bond donors (Lipinski definition) is 1. The quantitative estimate of drug-likeness (QED) is 0.894. The molecule has 0 fully saturated rings. The second kappa shape index (κ2) is 6.49. The van der Waals surface area contributed by atoms with Gasteiger partial charge < -0.3 is 14.6 Å². The van der Waals surface area contributed by atoms with E-state index in [9.17, 15) is 5.11 Å². The Labute approximate surface area is 132 Å². The van der Waals surface area contributed by atoms with Crippen molar-refractivity contribution in [3.63, 3.8) is 0 Å². The average Bonchev–Trinajstić information content (AvgIpc) is 2.90. The van der Waals surface area contributed by atoms with Crippen molar-refractivity contribution in [2.24, 2.45) is 0 Å². The topological polar surface area (TPSA) is 56.5 Å². The van der Waals surface area contributed by atoms with Crippen LogP contribution in [0.5, 0.6) is 11.5 Å². The summed E-state index contributed by atoms with van der Waals surface area (Å²) >= 11 is 3.43. The maximum atomic E-state index is 10.7. The van der Waals surface area contributed by atoms with E-state index in [0.717, 1.165) is 15.8 Å². The lowest BCUT2D eigenvalue weighted by molar-refractivity contribution is 0.199. The number of aliphatic hydroxyl groups excluding tert-OH is 1. The predicted octanol–water partition coefficient (Wildman–Crippen LogP) is 3.33. The number of halogens is 1. The molecule has 1 aromatic carbocycles. The molecule has 114 valence electrons. The normalized spacial score (nSPS) is 12.5. The number of aromatic nitrogens is 2. The maximum Gasteiger partial charge on any atom is 0.163 e. The number of aliphatic hydroxyl groups is 1. The predicted molar refractivity (Wildman–Crippen MR) is 83.9 cm³/mol. The van der Waals surface area contributed by atoms with Crippen LogP contribution in [-0.4, -0.2) is 29.1 Å². The monoisotopic (exact) mass is 354 g/mol. The van der Waals surface area contributed by atoms with Gasteiger partial charge in [0.15, 0.2) is 5.75 Å². The van der Waals surface area contributed by atoms with Crippen LogP contribution in [0.3, 0.4) is 0 Å². The highest BCUT2D eigenvalue weighted by Crippen LogP contribution is 2.35. The van der Waals surface area contributed by atoms with Gasteiger partial charge in [0, 0.05) is 6.04 Å². The van der Waals surface area contributed by atoms with Crippen LogP contribution >= 0.6 is 15.9 Å². The van der Waals surface area contributed by atoms with Gasteiger partial charge in [0.2, 0.25) is 0 Å². The van der Waals surface area contributed by atoms with Gasteiger partial charge in [-0.1, -0.05) is 6.07 Å². The van der Waals surface area contributed by atoms with E-state index < -0.39 is 6.10 Å². The molecule has 0 saturated carbocycles. The molecule has 0 aliphatic heterocycles. The van der Waals surface area contributed by atoms with Crippen molar-refractivity contribution in [2.75, 3.05) is 14.2 Å². The Bertz CT molecular complexity index is 625. The van der Waals surface area contributed by atoms with E-state index >= 15 is 0 Å². The fourth-order valence-electron chi connectivity index (χ4n) is 2.20. The number of hydrogen-bond acceptors (Lipinski definition) is 4. The van der Waals surface area contributed by atoms with Crippen molar-refractivity contribution in [1.82, 2.24) is 9.78 Å². The molecule has 0 spiro atoms. The van der Waals surface area contributed by atoms with Gasteiger partial charge in [-0.3, -0.25) is 4.68 Å². The fraction of sp³-hybridized carbons (Fsp3) is 0.400. The van der Waals surface area contributed by atoms with E-state index in [-0.39, 0.29) is 6.04 Å². The third kappa shape index (κ3) is 3.06. The Morgan fingerprint density at radius 3 is 2.38 bits per heavy atom. The number of nitrogens with zero attached hydrogens (tertiary/aromatic N) is 2. The zero-order valence-electron chi connectivity index (χ0n) is 12.5. The summed E-state index contributed by atoms with van der Waals surface area (Å²) < 4.78 is 13.1. The molecular formula is C15H19BrN2O3. The fourth-order valence-corrected chi connectivity index (χ4v) is 2.75. The minimum absolute atomic E-state index is 0.125. The number of methoxy groups -OCH3 is 2. The van der Waals surface area contributed by atoms with Crippen LogP contribution in [0.25, 0.3) is 0 Å². The minimum atomic E-state index is -0.827. The third-order valence-corrected chi connectivity index (χ3v) is 3.88. The van der Waals surface area contributed by atoms with Crippen LogP contribution in [0.2, 0.25) is 0 Å². The molecule has 1 aromatic heterocycles. The van der Waals surface area contributed by atoms with E-state index in [1.54, 1.807) is 25.1 Å². The average molecular weight is 355 g/mol. The third-order valence-electron chi connectivity index (χ3n) is 3.26. The molecule has 0 bridgehead atoms. The van der Waals surface area contributed by atoms with Gasteiger partial charge in [-0.2, -0.15) is 5.10 Å². The van der Waals surface area contributed by atoms with Gasteiger partial charge in [0.1, 0.15) is 17.5 Å². The first-order valence-corrected chi connectivity index (χ1v) is 7.41. The molecule has 1 heterocycles. The molecule has 0 radical (unpaired) electrons. The molecule has 0 amide bonds. The van der Waals surface area contributed by atoms with E-state index in [4.69, 9.17) is 9.47 Å². The molecule has 6 heteroatoms. The first kappa shape index (κ1) is 15.9. The van der Waals surface area contributed by atoms with Crippen LogP contribution in [0.1, 0.15) is 37.3 Å².